The van der Waals surface area contributed by atoms with Crippen LogP contribution in [0.25, 0.3) is 11.0 Å². The first-order chi connectivity index (χ1) is 21.2. The average Bonchev–Trinajstić information content (AvgIpc) is 3.36. The number of likely N-dealkylation sites (tertiary alicyclic amines) is 1. The van der Waals surface area contributed by atoms with Crippen LogP contribution < -0.4 is 5.32 Å². The molecular formula is C34H39ClF3N5O. The van der Waals surface area contributed by atoms with Crippen molar-refractivity contribution < 1.29 is 18.0 Å². The number of anilines is 1. The minimum absolute atomic E-state index is 0.00561. The molecule has 1 atom stereocenters. The number of amides is 1. The molecule has 10 heteroatoms. The van der Waals surface area contributed by atoms with Crippen molar-refractivity contribution in [3.8, 4) is 0 Å². The third-order valence-corrected chi connectivity index (χ3v) is 8.63. The zero-order valence-corrected chi connectivity index (χ0v) is 25.7. The Hall–Kier alpha value is -3.56. The van der Waals surface area contributed by atoms with Crippen molar-refractivity contribution >= 4 is 34.5 Å². The smallest absolute Gasteiger partial charge is 0.353 e. The van der Waals surface area contributed by atoms with Gasteiger partial charge in [0.1, 0.15) is 0 Å². The summed E-state index contributed by atoms with van der Waals surface area (Å²) in [5.41, 5.74) is 3.41. The van der Waals surface area contributed by atoms with E-state index in [4.69, 9.17) is 16.6 Å². The van der Waals surface area contributed by atoms with Crippen LogP contribution in [0.15, 0.2) is 78.9 Å². The summed E-state index contributed by atoms with van der Waals surface area (Å²) in [5, 5.41) is 4.22. The number of aromatic nitrogens is 2. The fraction of sp³-hybridized carbons (Fsp3) is 0.412. The lowest BCUT2D eigenvalue weighted by molar-refractivity contribution is -0.135. The van der Waals surface area contributed by atoms with Crippen LogP contribution in [0.4, 0.5) is 19.1 Å². The van der Waals surface area contributed by atoms with Gasteiger partial charge in [-0.15, -0.1) is 0 Å². The molecule has 5 rings (SSSR count). The number of likely N-dealkylation sites (N-methyl/N-ethyl adjacent to an activating group) is 1. The van der Waals surface area contributed by atoms with Gasteiger partial charge in [-0.1, -0.05) is 54.1 Å². The number of carbonyl (C=O) groups is 1. The number of nitrogens with one attached hydrogen (secondary N) is 1. The molecule has 234 valence electrons. The van der Waals surface area contributed by atoms with Gasteiger partial charge in [0.05, 0.1) is 11.0 Å². The zero-order valence-electron chi connectivity index (χ0n) is 24.9. The molecule has 44 heavy (non-hydrogen) atoms. The summed E-state index contributed by atoms with van der Waals surface area (Å²) in [4.78, 5) is 22.0. The van der Waals surface area contributed by atoms with Gasteiger partial charge >= 0.3 is 6.18 Å². The molecule has 0 radical (unpaired) electrons. The molecule has 4 aromatic rings. The molecule has 1 aliphatic rings. The highest BCUT2D eigenvalue weighted by molar-refractivity contribution is 6.30. The fourth-order valence-electron chi connectivity index (χ4n) is 6.01. The Labute approximate surface area is 261 Å². The molecule has 3 aromatic carbocycles. The number of alkyl halides is 3. The molecule has 1 N–H and O–H groups in total. The number of hydrogen-bond acceptors (Lipinski definition) is 4. The highest BCUT2D eigenvalue weighted by atomic mass is 35.5. The van der Waals surface area contributed by atoms with E-state index in [1.54, 1.807) is 4.90 Å². The largest absolute Gasteiger partial charge is 0.389 e. The van der Waals surface area contributed by atoms with E-state index < -0.39 is 12.6 Å². The summed E-state index contributed by atoms with van der Waals surface area (Å²) >= 11 is 6.35. The van der Waals surface area contributed by atoms with Crippen LogP contribution in [0.1, 0.15) is 53.9 Å². The number of halogens is 4. The highest BCUT2D eigenvalue weighted by Crippen LogP contribution is 2.28. The number of para-hydroxylation sites is 2. The van der Waals surface area contributed by atoms with Crippen LogP contribution in [0.3, 0.4) is 0 Å². The maximum absolute atomic E-state index is 13.1. The number of hydrogen-bond donors (Lipinski definition) is 1. The Balaban J connectivity index is 1.18. The Morgan fingerprint density at radius 1 is 1.02 bits per heavy atom. The Kier molecular flexibility index (Phi) is 10.5. The molecule has 1 amide bonds. The van der Waals surface area contributed by atoms with Gasteiger partial charge in [-0.25, -0.2) is 4.98 Å². The summed E-state index contributed by atoms with van der Waals surface area (Å²) < 4.78 is 40.4. The first-order valence-electron chi connectivity index (χ1n) is 15.2. The summed E-state index contributed by atoms with van der Waals surface area (Å²) in [6.45, 7) is 3.51. The second kappa shape index (κ2) is 14.5. The SMILES string of the molecule is CN(CC(CCN1CCC(Nc2nc3ccccc3n2CCCC(F)(F)F)CC1)c1cccc(Cl)c1)C(=O)c1ccccc1. The van der Waals surface area contributed by atoms with Crippen LogP contribution >= 0.6 is 11.6 Å². The van der Waals surface area contributed by atoms with Crippen LogP contribution in [-0.2, 0) is 6.54 Å². The molecule has 0 aliphatic carbocycles. The van der Waals surface area contributed by atoms with E-state index in [9.17, 15) is 18.0 Å². The number of benzene rings is 3. The molecule has 0 bridgehead atoms. The standard InChI is InChI=1S/C34H39ClF3N5O/c1-41(32(44)25-9-3-2-4-10-25)24-27(26-11-7-12-28(35)23-26)15-20-42-21-16-29(17-22-42)39-33-40-30-13-5-6-14-31(30)43(33)19-8-18-34(36,37)38/h2-7,9-14,23,27,29H,8,15-22,24H2,1H3,(H,39,40). The maximum atomic E-state index is 13.1. The summed E-state index contributed by atoms with van der Waals surface area (Å²) in [6, 6.07) is 25.0. The van der Waals surface area contributed by atoms with E-state index in [2.05, 4.69) is 16.3 Å². The maximum Gasteiger partial charge on any atom is 0.389 e. The summed E-state index contributed by atoms with van der Waals surface area (Å²) in [7, 11) is 1.85. The predicted octanol–water partition coefficient (Wildman–Crippen LogP) is 7.85. The van der Waals surface area contributed by atoms with Crippen LogP contribution in [0.5, 0.6) is 0 Å². The number of nitrogens with zero attached hydrogens (tertiary/aromatic N) is 4. The highest BCUT2D eigenvalue weighted by Gasteiger charge is 2.27. The molecule has 1 aromatic heterocycles. The van der Waals surface area contributed by atoms with Crippen molar-refractivity contribution in [3.63, 3.8) is 0 Å². The molecule has 1 aliphatic heterocycles. The van der Waals surface area contributed by atoms with Gasteiger partial charge < -0.3 is 19.7 Å². The van der Waals surface area contributed by atoms with Crippen molar-refractivity contribution in [1.82, 2.24) is 19.4 Å². The average molecular weight is 626 g/mol. The normalized spacial score (nSPS) is 15.4. The minimum Gasteiger partial charge on any atom is -0.353 e. The molecule has 6 nitrogen and oxygen atoms in total. The minimum atomic E-state index is -4.17. The number of imidazole rings is 1. The van der Waals surface area contributed by atoms with E-state index in [1.165, 1.54) is 0 Å². The van der Waals surface area contributed by atoms with Gasteiger partial charge in [0.2, 0.25) is 5.95 Å². The van der Waals surface area contributed by atoms with Gasteiger partial charge in [-0.3, -0.25) is 4.79 Å². The third kappa shape index (κ3) is 8.54. The van der Waals surface area contributed by atoms with E-state index >= 15 is 0 Å². The second-order valence-corrected chi connectivity index (χ2v) is 12.1. The van der Waals surface area contributed by atoms with Crippen LogP contribution in [0, 0.1) is 0 Å². The second-order valence-electron chi connectivity index (χ2n) is 11.6. The number of carbonyl (C=O) groups excluding carboxylic acids is 1. The third-order valence-electron chi connectivity index (χ3n) is 8.39. The van der Waals surface area contributed by atoms with Crippen LogP contribution in [-0.4, -0.2) is 70.7 Å². The van der Waals surface area contributed by atoms with Crippen LogP contribution in [0.2, 0.25) is 5.02 Å². The van der Waals surface area contributed by atoms with Gasteiger partial charge in [-0.05, 0) is 74.2 Å². The summed E-state index contributed by atoms with van der Waals surface area (Å²) in [5.74, 6) is 0.756. The molecule has 1 saturated heterocycles. The van der Waals surface area contributed by atoms with Crippen molar-refractivity contribution in [2.24, 2.45) is 0 Å². The van der Waals surface area contributed by atoms with E-state index in [1.807, 2.05) is 84.4 Å². The number of piperidine rings is 1. The Bertz CT molecular complexity index is 1520. The van der Waals surface area contributed by atoms with Gasteiger partial charge in [0.25, 0.3) is 5.91 Å². The lowest BCUT2D eigenvalue weighted by Gasteiger charge is -2.34. The molecule has 1 fully saturated rings. The van der Waals surface area contributed by atoms with E-state index in [0.29, 0.717) is 23.1 Å². The van der Waals surface area contributed by atoms with E-state index in [-0.39, 0.29) is 30.8 Å². The summed E-state index contributed by atoms with van der Waals surface area (Å²) in [6.07, 6.45) is -2.30. The quantitative estimate of drug-likeness (QED) is 0.174. The fourth-order valence-corrected chi connectivity index (χ4v) is 6.21. The first-order valence-corrected chi connectivity index (χ1v) is 15.6. The first kappa shape index (κ1) is 31.9. The topological polar surface area (TPSA) is 53.4 Å². The lowest BCUT2D eigenvalue weighted by atomic mass is 9.94. The zero-order chi connectivity index (χ0) is 31.1. The van der Waals surface area contributed by atoms with Crippen molar-refractivity contribution in [3.05, 3.63) is 95.0 Å². The van der Waals surface area contributed by atoms with E-state index in [0.717, 1.165) is 55.5 Å². The number of rotatable bonds is 12. The Morgan fingerprint density at radius 2 is 1.75 bits per heavy atom. The van der Waals surface area contributed by atoms with Crippen molar-refractivity contribution in [2.75, 3.05) is 38.5 Å². The van der Waals surface area contributed by atoms with Gasteiger partial charge in [-0.2, -0.15) is 13.2 Å². The van der Waals surface area contributed by atoms with Crippen molar-refractivity contribution in [2.45, 2.75) is 56.8 Å². The monoisotopic (exact) mass is 625 g/mol. The number of fused-ring (bicyclic) bond motifs is 1. The predicted molar refractivity (Wildman–Crippen MR) is 170 cm³/mol. The molecule has 0 spiro atoms. The lowest BCUT2D eigenvalue weighted by Crippen LogP contribution is -2.40. The molecule has 2 heterocycles. The molecule has 1 unspecified atom stereocenters. The Morgan fingerprint density at radius 3 is 2.48 bits per heavy atom. The van der Waals surface area contributed by atoms with Gasteiger partial charge in [0.15, 0.2) is 0 Å². The molecular weight excluding hydrogens is 587 g/mol. The molecule has 0 saturated carbocycles. The van der Waals surface area contributed by atoms with Crippen molar-refractivity contribution in [1.29, 1.82) is 0 Å². The number of aryl methyl sites for hydroxylation is 1. The van der Waals surface area contributed by atoms with Gasteiger partial charge in [0, 0.05) is 62.2 Å².